The summed E-state index contributed by atoms with van der Waals surface area (Å²) in [5, 5.41) is 58.0. The summed E-state index contributed by atoms with van der Waals surface area (Å²) in [4.78, 5) is 24.9. The number of anilines is 8. The summed E-state index contributed by atoms with van der Waals surface area (Å²) in [5.41, 5.74) is 23.9. The standard InChI is InChI=1S/C52H62N20O10S2/c1-27(53)23-57-47-63-48(58-24-28(2)54)66-51(65-47)61-35-9-15-39-31(19-35)21-41(83(75,76)77)43(45(39)73)71-69-33-5-11-37(12-6-33)81-17-18-82-38-13-7-34(8-14-38)70-72-44-42(84(78,79)80)22-32-20-36(10-16-40(32)46(44)74)62-52-67-49(59-25-29(3)55)64-50(68-52)60-26-30(4)56/h5-16,19-22,27-30,73-74H,17-18,23-26,53-56H2,1-4H3,(H,75,76,77)(H,78,79,80)(H3,57,58,61,63,65,66)(H3,59,60,62,64,67,68). The lowest BCUT2D eigenvalue weighted by molar-refractivity contribution is 0.217. The van der Waals surface area contributed by atoms with Crippen molar-refractivity contribution in [1.29, 1.82) is 0 Å². The molecule has 0 aliphatic heterocycles. The number of hydrogen-bond acceptors (Lipinski definition) is 28. The smallest absolute Gasteiger partial charge is 0.296 e. The van der Waals surface area contributed by atoms with Crippen molar-refractivity contribution in [3.63, 3.8) is 0 Å². The largest absolute Gasteiger partial charge is 0.505 e. The number of hydrogen-bond donors (Lipinski definition) is 14. The number of fused-ring (bicyclic) bond motifs is 2. The SMILES string of the molecule is CC(N)CNc1nc(NCC(C)N)nc(Nc2ccc3c(O)c(N=Nc4ccc(OCCOc5ccc(N=Nc6c(S(=O)(=O)O)cc7cc(Nc8nc(NCC(C)N)nc(NCC(C)N)n8)ccc7c6O)cc5)cc4)c(S(=O)(=O)O)cc3c2)n1. The molecule has 0 bridgehead atoms. The Hall–Kier alpha value is -9.28. The Morgan fingerprint density at radius 3 is 1.06 bits per heavy atom. The van der Waals surface area contributed by atoms with E-state index in [9.17, 15) is 36.2 Å². The molecule has 32 heteroatoms. The molecule has 4 atom stereocenters. The lowest BCUT2D eigenvalue weighted by Gasteiger charge is -2.14. The highest BCUT2D eigenvalue weighted by Crippen LogP contribution is 2.44. The number of nitrogens with one attached hydrogen (secondary N) is 6. The summed E-state index contributed by atoms with van der Waals surface area (Å²) in [6.07, 6.45) is 0. The van der Waals surface area contributed by atoms with E-state index < -0.39 is 52.9 Å². The molecule has 0 radical (unpaired) electrons. The van der Waals surface area contributed by atoms with Crippen molar-refractivity contribution < 1.29 is 45.6 Å². The molecule has 0 aliphatic carbocycles. The van der Waals surface area contributed by atoms with E-state index in [0.29, 0.717) is 49.1 Å². The molecule has 0 aliphatic rings. The molecule has 18 N–H and O–H groups in total. The summed E-state index contributed by atoms with van der Waals surface area (Å²) < 4.78 is 82.7. The zero-order chi connectivity index (χ0) is 60.3. The van der Waals surface area contributed by atoms with Gasteiger partial charge in [-0.05, 0) is 136 Å². The number of azo groups is 2. The molecule has 0 saturated heterocycles. The highest BCUT2D eigenvalue weighted by molar-refractivity contribution is 7.86. The van der Waals surface area contributed by atoms with Gasteiger partial charge in [0.1, 0.15) is 45.9 Å². The number of benzene rings is 6. The van der Waals surface area contributed by atoms with E-state index >= 15 is 0 Å². The third-order valence-corrected chi connectivity index (χ3v) is 13.3. The first kappa shape index (κ1) is 60.8. The van der Waals surface area contributed by atoms with Gasteiger partial charge in [-0.15, -0.1) is 10.2 Å². The number of aromatic hydroxyl groups is 2. The van der Waals surface area contributed by atoms with Gasteiger partial charge in [0.05, 0.1) is 11.4 Å². The molecule has 8 aromatic rings. The molecule has 6 aromatic carbocycles. The Labute approximate surface area is 481 Å². The molecule has 84 heavy (non-hydrogen) atoms. The predicted octanol–water partition coefficient (Wildman–Crippen LogP) is 7.08. The molecule has 0 spiro atoms. The monoisotopic (exact) mass is 1190 g/mol. The second-order valence-electron chi connectivity index (χ2n) is 19.3. The normalized spacial score (nSPS) is 13.4. The fraction of sp³-hybridized carbons (Fsp3) is 0.269. The molecule has 30 nitrogen and oxygen atoms in total. The number of nitrogens with two attached hydrogens (primary N) is 4. The number of phenolic OH excluding ortho intramolecular Hbond substituents is 2. The van der Waals surface area contributed by atoms with Crippen LogP contribution in [0.25, 0.3) is 21.5 Å². The van der Waals surface area contributed by atoms with Crippen LogP contribution in [0, 0.1) is 0 Å². The predicted molar refractivity (Wildman–Crippen MR) is 318 cm³/mol. The number of rotatable bonds is 27. The summed E-state index contributed by atoms with van der Waals surface area (Å²) in [5.74, 6) is 0.940. The van der Waals surface area contributed by atoms with E-state index in [1.165, 1.54) is 48.5 Å². The Bertz CT molecular complexity index is 3620. The van der Waals surface area contributed by atoms with Gasteiger partial charge < -0.3 is 74.5 Å². The van der Waals surface area contributed by atoms with Crippen LogP contribution >= 0.6 is 0 Å². The van der Waals surface area contributed by atoms with Crippen molar-refractivity contribution in [2.75, 3.05) is 71.3 Å². The Morgan fingerprint density at radius 2 is 0.762 bits per heavy atom. The van der Waals surface area contributed by atoms with Crippen molar-refractivity contribution in [2.24, 2.45) is 43.4 Å². The minimum atomic E-state index is -4.93. The fourth-order valence-corrected chi connectivity index (χ4v) is 8.96. The lowest BCUT2D eigenvalue weighted by atomic mass is 10.1. The first-order valence-electron chi connectivity index (χ1n) is 25.8. The summed E-state index contributed by atoms with van der Waals surface area (Å²) >= 11 is 0. The van der Waals surface area contributed by atoms with Gasteiger partial charge in [-0.25, -0.2) is 0 Å². The molecule has 2 heterocycles. The summed E-state index contributed by atoms with van der Waals surface area (Å²) in [6.45, 7) is 8.97. The molecular weight excluding hydrogens is 1130 g/mol. The maximum Gasteiger partial charge on any atom is 0.296 e. The van der Waals surface area contributed by atoms with Crippen LogP contribution in [0.5, 0.6) is 23.0 Å². The van der Waals surface area contributed by atoms with Crippen molar-refractivity contribution in [3.05, 3.63) is 97.1 Å². The van der Waals surface area contributed by atoms with Gasteiger partial charge >= 0.3 is 0 Å². The van der Waals surface area contributed by atoms with E-state index in [-0.39, 0.29) is 106 Å². The van der Waals surface area contributed by atoms with Crippen LogP contribution in [0.15, 0.2) is 127 Å². The van der Waals surface area contributed by atoms with Crippen molar-refractivity contribution in [2.45, 2.75) is 61.7 Å². The second kappa shape index (κ2) is 26.8. The van der Waals surface area contributed by atoms with Crippen LogP contribution in [0.1, 0.15) is 27.7 Å². The van der Waals surface area contributed by atoms with Crippen molar-refractivity contribution in [1.82, 2.24) is 29.9 Å². The minimum absolute atomic E-state index is 0.103. The molecule has 0 saturated carbocycles. The molecule has 0 amide bonds. The van der Waals surface area contributed by atoms with Crippen LogP contribution < -0.4 is 64.3 Å². The highest BCUT2D eigenvalue weighted by atomic mass is 32.2. The van der Waals surface area contributed by atoms with Gasteiger partial charge in [0.25, 0.3) is 20.2 Å². The van der Waals surface area contributed by atoms with Crippen LogP contribution in [0.2, 0.25) is 0 Å². The summed E-state index contributed by atoms with van der Waals surface area (Å²) in [7, 11) is -9.87. The fourth-order valence-electron chi connectivity index (χ4n) is 7.65. The second-order valence-corrected chi connectivity index (χ2v) is 22.1. The number of nitrogens with zero attached hydrogens (tertiary/aromatic N) is 10. The van der Waals surface area contributed by atoms with Crippen molar-refractivity contribution >= 4 is 112 Å². The first-order valence-corrected chi connectivity index (χ1v) is 28.7. The molecular formula is C52H62N20O10S2. The minimum Gasteiger partial charge on any atom is -0.505 e. The van der Waals surface area contributed by atoms with Crippen LogP contribution in [-0.2, 0) is 20.2 Å². The van der Waals surface area contributed by atoms with Gasteiger partial charge in [-0.2, -0.15) is 57.0 Å². The zero-order valence-electron chi connectivity index (χ0n) is 45.6. The Balaban J connectivity index is 0.879. The quantitative estimate of drug-likeness (QED) is 0.0139. The van der Waals surface area contributed by atoms with Crippen LogP contribution in [0.4, 0.5) is 69.8 Å². The molecule has 0 fully saturated rings. The first-order chi connectivity index (χ1) is 39.9. The van der Waals surface area contributed by atoms with E-state index in [1.54, 1.807) is 36.4 Å². The third kappa shape index (κ3) is 16.7. The van der Waals surface area contributed by atoms with Gasteiger partial charge in [-0.3, -0.25) is 9.11 Å². The topological polar surface area (TPSA) is 471 Å². The average molecular weight is 1190 g/mol. The maximum absolute atomic E-state index is 12.6. The number of phenols is 2. The van der Waals surface area contributed by atoms with Crippen LogP contribution in [0.3, 0.4) is 0 Å². The summed E-state index contributed by atoms with van der Waals surface area (Å²) in [6, 6.07) is 23.3. The molecule has 442 valence electrons. The molecule has 4 unspecified atom stereocenters. The van der Waals surface area contributed by atoms with Gasteiger partial charge in [0, 0.05) is 72.5 Å². The average Bonchev–Trinajstić information content (AvgIpc) is 1.15. The Kier molecular flexibility index (Phi) is 19.4. The maximum atomic E-state index is 12.6. The highest BCUT2D eigenvalue weighted by Gasteiger charge is 2.24. The van der Waals surface area contributed by atoms with Gasteiger partial charge in [0.2, 0.25) is 35.7 Å². The third-order valence-electron chi connectivity index (χ3n) is 11.6. The number of aromatic nitrogens is 6. The van der Waals surface area contributed by atoms with E-state index in [1.807, 2.05) is 27.7 Å². The van der Waals surface area contributed by atoms with Gasteiger partial charge in [0.15, 0.2) is 11.5 Å². The van der Waals surface area contributed by atoms with E-state index in [4.69, 9.17) is 32.4 Å². The Morgan fingerprint density at radius 1 is 0.452 bits per heavy atom. The molecule has 8 rings (SSSR count). The van der Waals surface area contributed by atoms with E-state index in [2.05, 4.69) is 82.3 Å². The zero-order valence-corrected chi connectivity index (χ0v) is 47.3. The van der Waals surface area contributed by atoms with Gasteiger partial charge in [-0.1, -0.05) is 0 Å². The van der Waals surface area contributed by atoms with E-state index in [0.717, 1.165) is 12.1 Å². The van der Waals surface area contributed by atoms with Crippen LogP contribution in [-0.4, -0.2) is 130 Å². The number of ether oxygens (including phenoxy) is 2. The molecule has 2 aromatic heterocycles. The van der Waals surface area contributed by atoms with Crippen molar-refractivity contribution in [3.8, 4) is 23.0 Å². The lowest BCUT2D eigenvalue weighted by Crippen LogP contribution is -2.27.